The highest BCUT2D eigenvalue weighted by Gasteiger charge is 2.60. The molecule has 0 bridgehead atoms. The number of hydrogen-bond acceptors (Lipinski definition) is 3. The summed E-state index contributed by atoms with van der Waals surface area (Å²) in [7, 11) is 0. The van der Waals surface area contributed by atoms with Crippen LogP contribution in [0.1, 0.15) is 12.8 Å². The first kappa shape index (κ1) is 10.5. The van der Waals surface area contributed by atoms with Crippen LogP contribution in [0.5, 0.6) is 0 Å². The highest BCUT2D eigenvalue weighted by Crippen LogP contribution is 2.51. The molecule has 2 heterocycles. The number of likely N-dealkylation sites (tertiary alicyclic amines) is 2. The van der Waals surface area contributed by atoms with Crippen molar-refractivity contribution in [2.24, 2.45) is 23.5 Å². The van der Waals surface area contributed by atoms with Gasteiger partial charge in [-0.2, -0.15) is 0 Å². The van der Waals surface area contributed by atoms with Gasteiger partial charge >= 0.3 is 0 Å². The Bertz CT molecular complexity index is 288. The summed E-state index contributed by atoms with van der Waals surface area (Å²) < 4.78 is 0. The van der Waals surface area contributed by atoms with Crippen LogP contribution < -0.4 is 5.73 Å². The average molecular weight is 223 g/mol. The fourth-order valence-corrected chi connectivity index (χ4v) is 3.41. The van der Waals surface area contributed by atoms with Crippen LogP contribution in [-0.2, 0) is 4.79 Å². The third kappa shape index (κ3) is 1.64. The zero-order chi connectivity index (χ0) is 11.1. The number of carbonyl (C=O) groups is 1. The van der Waals surface area contributed by atoms with Gasteiger partial charge in [0.05, 0.1) is 0 Å². The van der Waals surface area contributed by atoms with Crippen molar-refractivity contribution in [1.29, 1.82) is 0 Å². The van der Waals surface area contributed by atoms with Gasteiger partial charge in [0, 0.05) is 25.6 Å². The molecule has 3 rings (SSSR count). The Labute approximate surface area is 96.8 Å². The van der Waals surface area contributed by atoms with E-state index in [0.29, 0.717) is 30.2 Å². The molecule has 2 aliphatic heterocycles. The molecular weight excluding hydrogens is 202 g/mol. The molecule has 0 aromatic heterocycles. The van der Waals surface area contributed by atoms with E-state index >= 15 is 0 Å². The summed E-state index contributed by atoms with van der Waals surface area (Å²) in [4.78, 5) is 16.5. The second-order valence-corrected chi connectivity index (χ2v) is 5.42. The van der Waals surface area contributed by atoms with E-state index < -0.39 is 0 Å². The predicted molar refractivity (Wildman–Crippen MR) is 61.8 cm³/mol. The number of hydrogen-bond donors (Lipinski definition) is 1. The van der Waals surface area contributed by atoms with Crippen LogP contribution >= 0.6 is 0 Å². The Balaban J connectivity index is 1.46. The van der Waals surface area contributed by atoms with Crippen LogP contribution in [0.25, 0.3) is 0 Å². The molecule has 2 N–H and O–H groups in total. The van der Waals surface area contributed by atoms with Crippen LogP contribution in [0, 0.1) is 17.8 Å². The Morgan fingerprint density at radius 1 is 1.25 bits per heavy atom. The molecule has 4 nitrogen and oxygen atoms in total. The average Bonchev–Trinajstić information content (AvgIpc) is 2.64. The van der Waals surface area contributed by atoms with E-state index in [1.54, 1.807) is 0 Å². The van der Waals surface area contributed by atoms with Crippen LogP contribution in [0.4, 0.5) is 0 Å². The Kier molecular flexibility index (Phi) is 2.64. The van der Waals surface area contributed by atoms with Gasteiger partial charge in [0.1, 0.15) is 0 Å². The van der Waals surface area contributed by atoms with Crippen molar-refractivity contribution >= 4 is 5.91 Å². The number of piperidine rings is 1. The summed E-state index contributed by atoms with van der Waals surface area (Å²) in [6.45, 7) is 6.11. The third-order valence-corrected chi connectivity index (χ3v) is 4.52. The van der Waals surface area contributed by atoms with Gasteiger partial charge in [0.15, 0.2) is 0 Å². The van der Waals surface area contributed by atoms with Crippen LogP contribution in [-0.4, -0.2) is 55.0 Å². The topological polar surface area (TPSA) is 49.6 Å². The Hall–Kier alpha value is -0.610. The summed E-state index contributed by atoms with van der Waals surface area (Å²) in [5, 5.41) is 0. The highest BCUT2D eigenvalue weighted by atomic mass is 16.2. The predicted octanol–water partition coefficient (Wildman–Crippen LogP) is -0.255. The van der Waals surface area contributed by atoms with Crippen molar-refractivity contribution in [1.82, 2.24) is 9.80 Å². The zero-order valence-corrected chi connectivity index (χ0v) is 9.77. The first-order valence-corrected chi connectivity index (χ1v) is 6.52. The number of nitrogens with two attached hydrogens (primary N) is 1. The Morgan fingerprint density at radius 2 is 2.00 bits per heavy atom. The van der Waals surface area contributed by atoms with Crippen molar-refractivity contribution in [3.8, 4) is 0 Å². The number of carbonyl (C=O) groups excluding carboxylic acids is 1. The fourth-order valence-electron chi connectivity index (χ4n) is 3.41. The monoisotopic (exact) mass is 223 g/mol. The maximum atomic E-state index is 12.0. The lowest BCUT2D eigenvalue weighted by atomic mass is 10.2. The molecule has 1 amide bonds. The van der Waals surface area contributed by atoms with Gasteiger partial charge in [-0.3, -0.25) is 4.79 Å². The van der Waals surface area contributed by atoms with Gasteiger partial charge in [0.25, 0.3) is 0 Å². The van der Waals surface area contributed by atoms with E-state index in [1.165, 1.54) is 25.9 Å². The zero-order valence-electron chi connectivity index (χ0n) is 9.77. The van der Waals surface area contributed by atoms with E-state index in [0.717, 1.165) is 19.6 Å². The van der Waals surface area contributed by atoms with Gasteiger partial charge in [-0.1, -0.05) is 0 Å². The van der Waals surface area contributed by atoms with Crippen molar-refractivity contribution < 1.29 is 4.79 Å². The largest absolute Gasteiger partial charge is 0.341 e. The molecule has 0 spiro atoms. The molecule has 0 radical (unpaired) electrons. The quantitative estimate of drug-likeness (QED) is 0.715. The molecule has 3 atom stereocenters. The molecule has 3 aliphatic rings. The highest BCUT2D eigenvalue weighted by molar-refractivity contribution is 5.85. The van der Waals surface area contributed by atoms with Crippen LogP contribution in [0.2, 0.25) is 0 Å². The molecular formula is C12H21N3O. The van der Waals surface area contributed by atoms with E-state index in [-0.39, 0.29) is 0 Å². The lowest BCUT2D eigenvalue weighted by Crippen LogP contribution is -2.37. The summed E-state index contributed by atoms with van der Waals surface area (Å²) in [6.07, 6.45) is 2.66. The van der Waals surface area contributed by atoms with E-state index in [2.05, 4.69) is 9.80 Å². The molecule has 16 heavy (non-hydrogen) atoms. The minimum atomic E-state index is 0.295. The van der Waals surface area contributed by atoms with E-state index in [1.807, 2.05) is 0 Å². The van der Waals surface area contributed by atoms with Crippen LogP contribution in [0.15, 0.2) is 0 Å². The van der Waals surface area contributed by atoms with E-state index in [4.69, 9.17) is 5.73 Å². The van der Waals surface area contributed by atoms with Gasteiger partial charge < -0.3 is 15.5 Å². The number of amides is 1. The SMILES string of the molecule is NCC1C2CN(CCN3CCCC3)C(=O)C12. The standard InChI is InChI=1S/C12H21N3O/c13-7-9-10-8-15(12(16)11(9)10)6-5-14-3-1-2-4-14/h9-11H,1-8,13H2. The first-order chi connectivity index (χ1) is 7.81. The Morgan fingerprint density at radius 3 is 2.56 bits per heavy atom. The summed E-state index contributed by atoms with van der Waals surface area (Å²) >= 11 is 0. The van der Waals surface area contributed by atoms with Gasteiger partial charge in [-0.15, -0.1) is 0 Å². The van der Waals surface area contributed by atoms with Crippen LogP contribution in [0.3, 0.4) is 0 Å². The van der Waals surface area contributed by atoms with Gasteiger partial charge in [-0.25, -0.2) is 0 Å². The number of nitrogens with zero attached hydrogens (tertiary/aromatic N) is 2. The van der Waals surface area contributed by atoms with Crippen molar-refractivity contribution in [3.05, 3.63) is 0 Å². The minimum Gasteiger partial charge on any atom is -0.341 e. The molecule has 3 unspecified atom stereocenters. The molecule has 1 aliphatic carbocycles. The summed E-state index contributed by atoms with van der Waals surface area (Å²) in [5.41, 5.74) is 5.63. The molecule has 3 fully saturated rings. The molecule has 1 saturated carbocycles. The second-order valence-electron chi connectivity index (χ2n) is 5.42. The van der Waals surface area contributed by atoms with Gasteiger partial charge in [0.2, 0.25) is 5.91 Å². The normalized spacial score (nSPS) is 38.2. The minimum absolute atomic E-state index is 0.295. The molecule has 2 saturated heterocycles. The fraction of sp³-hybridized carbons (Fsp3) is 0.917. The summed E-state index contributed by atoms with van der Waals surface area (Å²) in [6, 6.07) is 0. The molecule has 4 heteroatoms. The summed E-state index contributed by atoms with van der Waals surface area (Å²) in [5.74, 6) is 1.77. The number of fused-ring (bicyclic) bond motifs is 1. The van der Waals surface area contributed by atoms with Crippen molar-refractivity contribution in [2.75, 3.05) is 39.3 Å². The smallest absolute Gasteiger partial charge is 0.226 e. The van der Waals surface area contributed by atoms with E-state index in [9.17, 15) is 4.79 Å². The molecule has 0 aromatic carbocycles. The number of rotatable bonds is 4. The van der Waals surface area contributed by atoms with Gasteiger partial charge in [-0.05, 0) is 44.3 Å². The van der Waals surface area contributed by atoms with Crippen molar-refractivity contribution in [3.63, 3.8) is 0 Å². The van der Waals surface area contributed by atoms with Crippen molar-refractivity contribution in [2.45, 2.75) is 12.8 Å². The second kappa shape index (κ2) is 4.00. The maximum Gasteiger partial charge on any atom is 0.226 e. The third-order valence-electron chi connectivity index (χ3n) is 4.52. The molecule has 0 aromatic rings. The lowest BCUT2D eigenvalue weighted by Gasteiger charge is -2.23. The molecule has 90 valence electrons. The first-order valence-electron chi connectivity index (χ1n) is 6.52. The maximum absolute atomic E-state index is 12.0. The lowest BCUT2D eigenvalue weighted by molar-refractivity contribution is -0.130.